The highest BCUT2D eigenvalue weighted by Gasteiger charge is 2.57. The fraction of sp³-hybridized carbons (Fsp3) is 0.680. The van der Waals surface area contributed by atoms with Crippen LogP contribution in [0.15, 0.2) is 0 Å². The van der Waals surface area contributed by atoms with Crippen molar-refractivity contribution in [3.05, 3.63) is 0 Å². The molecular formula is C25H35NO14S. The molecule has 0 spiro atoms. The third kappa shape index (κ3) is 9.74. The molecule has 0 amide bonds. The van der Waals surface area contributed by atoms with Crippen LogP contribution in [0.2, 0.25) is 0 Å². The summed E-state index contributed by atoms with van der Waals surface area (Å²) in [5, 5.41) is 2.60. The van der Waals surface area contributed by atoms with Gasteiger partial charge in [0, 0.05) is 34.1 Å². The van der Waals surface area contributed by atoms with Gasteiger partial charge in [0.25, 0.3) is 0 Å². The Morgan fingerprint density at radius 2 is 1.17 bits per heavy atom. The van der Waals surface area contributed by atoms with Gasteiger partial charge in [-0.25, -0.2) is 0 Å². The Morgan fingerprint density at radius 3 is 1.59 bits per heavy atom. The molecule has 1 rings (SSSR count). The van der Waals surface area contributed by atoms with E-state index in [1.165, 1.54) is 13.8 Å². The number of ether oxygens (including phenoxy) is 7. The third-order valence-corrected chi connectivity index (χ3v) is 5.88. The molecule has 0 bridgehead atoms. The monoisotopic (exact) mass is 605 g/mol. The summed E-state index contributed by atoms with van der Waals surface area (Å²) >= 11 is 5.44. The fourth-order valence-electron chi connectivity index (χ4n) is 3.97. The van der Waals surface area contributed by atoms with E-state index in [4.69, 9.17) is 45.4 Å². The lowest BCUT2D eigenvalue weighted by Gasteiger charge is -2.45. The highest BCUT2D eigenvalue weighted by atomic mass is 32.1. The molecule has 16 heteroatoms. The van der Waals surface area contributed by atoms with Gasteiger partial charge in [0.15, 0.2) is 24.5 Å². The van der Waals surface area contributed by atoms with E-state index in [1.807, 2.05) is 0 Å². The minimum absolute atomic E-state index is 0.181. The van der Waals surface area contributed by atoms with Crippen LogP contribution in [-0.2, 0) is 66.7 Å². The van der Waals surface area contributed by atoms with E-state index in [1.54, 1.807) is 0 Å². The van der Waals surface area contributed by atoms with Crippen molar-refractivity contribution in [2.75, 3.05) is 19.8 Å². The van der Waals surface area contributed by atoms with E-state index in [0.29, 0.717) is 0 Å². The van der Waals surface area contributed by atoms with Gasteiger partial charge in [0.2, 0.25) is 5.41 Å². The number of nitrogens with one attached hydrogen (secondary N) is 1. The van der Waals surface area contributed by atoms with Crippen molar-refractivity contribution < 1.29 is 66.7 Å². The largest absolute Gasteiger partial charge is 0.465 e. The van der Waals surface area contributed by atoms with Gasteiger partial charge in [-0.15, -0.1) is 0 Å². The Bertz CT molecular complexity index is 1030. The van der Waals surface area contributed by atoms with Gasteiger partial charge in [0.05, 0.1) is 13.2 Å². The maximum atomic E-state index is 13.2. The first-order valence-electron chi connectivity index (χ1n) is 12.6. The third-order valence-electron chi connectivity index (χ3n) is 5.41. The van der Waals surface area contributed by atoms with Crippen LogP contribution in [0.1, 0.15) is 54.9 Å². The predicted octanol–water partition coefficient (Wildman–Crippen LogP) is 0.0782. The molecule has 0 saturated carbocycles. The van der Waals surface area contributed by atoms with Crippen molar-refractivity contribution in [2.24, 2.45) is 5.41 Å². The Hall–Kier alpha value is -3.66. The number of carbonyl (C=O) groups excluding carboxylic acids is 7. The fourth-order valence-corrected chi connectivity index (χ4v) is 4.33. The standard InChI is InChI=1S/C25H35NO14S/c1-8-34-23(32)25(10-12(3)27,24(33)35-9-2)22(41)26-21-20(39-16(7)31)19(38-15(6)30)18(37-14(5)29)17(40-21)11-36-13(4)28/h17-21H,8-11H2,1-7H3,(H,26,41)/t17-,18-,19+,20-,21-/m1/s1. The lowest BCUT2D eigenvalue weighted by atomic mass is 9.82. The molecule has 0 radical (unpaired) electrons. The number of thiocarbonyl (C=S) groups is 1. The second-order valence-corrected chi connectivity index (χ2v) is 9.23. The maximum absolute atomic E-state index is 13.2. The number of hydrogen-bond donors (Lipinski definition) is 1. The molecule has 0 unspecified atom stereocenters. The molecule has 15 nitrogen and oxygen atoms in total. The highest BCUT2D eigenvalue weighted by molar-refractivity contribution is 7.80. The van der Waals surface area contributed by atoms with Gasteiger partial charge < -0.3 is 38.5 Å². The molecule has 5 atom stereocenters. The summed E-state index contributed by atoms with van der Waals surface area (Å²) in [6.45, 7) is 7.40. The van der Waals surface area contributed by atoms with E-state index >= 15 is 0 Å². The molecule has 1 aliphatic heterocycles. The van der Waals surface area contributed by atoms with Crippen molar-refractivity contribution in [3.8, 4) is 0 Å². The molecule has 0 aromatic carbocycles. The number of esters is 6. The first-order chi connectivity index (χ1) is 19.1. The quantitative estimate of drug-likeness (QED) is 0.128. The molecule has 0 aromatic heterocycles. The molecule has 1 aliphatic rings. The van der Waals surface area contributed by atoms with Crippen LogP contribution >= 0.6 is 12.2 Å². The van der Waals surface area contributed by atoms with Crippen molar-refractivity contribution in [1.82, 2.24) is 5.32 Å². The average Bonchev–Trinajstić information content (AvgIpc) is 2.84. The maximum Gasteiger partial charge on any atom is 0.331 e. The summed E-state index contributed by atoms with van der Waals surface area (Å²) in [4.78, 5) is 85.6. The van der Waals surface area contributed by atoms with Crippen molar-refractivity contribution >= 4 is 58.8 Å². The van der Waals surface area contributed by atoms with Crippen LogP contribution in [0.25, 0.3) is 0 Å². The van der Waals surface area contributed by atoms with Gasteiger partial charge in [-0.3, -0.25) is 33.6 Å². The van der Waals surface area contributed by atoms with Gasteiger partial charge in [-0.05, 0) is 20.8 Å². The van der Waals surface area contributed by atoms with E-state index < -0.39 is 95.7 Å². The van der Waals surface area contributed by atoms with Crippen LogP contribution in [0.3, 0.4) is 0 Å². The molecule has 41 heavy (non-hydrogen) atoms. The number of carbonyl (C=O) groups is 7. The van der Waals surface area contributed by atoms with Gasteiger partial charge in [0.1, 0.15) is 23.5 Å². The molecule has 1 fully saturated rings. The van der Waals surface area contributed by atoms with Crippen LogP contribution in [0.4, 0.5) is 0 Å². The normalized spacial score (nSPS) is 21.9. The second kappa shape index (κ2) is 16.0. The Balaban J connectivity index is 3.74. The first kappa shape index (κ1) is 35.4. The van der Waals surface area contributed by atoms with Crippen LogP contribution < -0.4 is 5.32 Å². The average molecular weight is 606 g/mol. The predicted molar refractivity (Wildman–Crippen MR) is 139 cm³/mol. The molecule has 1 saturated heterocycles. The second-order valence-electron chi connectivity index (χ2n) is 8.82. The summed E-state index contributed by atoms with van der Waals surface area (Å²) < 4.78 is 37.1. The highest BCUT2D eigenvalue weighted by Crippen LogP contribution is 2.32. The zero-order chi connectivity index (χ0) is 31.5. The first-order valence-corrected chi connectivity index (χ1v) is 13.0. The van der Waals surface area contributed by atoms with Gasteiger partial charge >= 0.3 is 35.8 Å². The molecule has 0 aliphatic carbocycles. The Kier molecular flexibility index (Phi) is 13.8. The smallest absolute Gasteiger partial charge is 0.331 e. The van der Waals surface area contributed by atoms with E-state index in [0.717, 1.165) is 34.6 Å². The molecule has 230 valence electrons. The van der Waals surface area contributed by atoms with Crippen molar-refractivity contribution in [2.45, 2.75) is 85.5 Å². The summed E-state index contributed by atoms with van der Waals surface area (Å²) in [5.74, 6) is -6.35. The molecule has 0 aromatic rings. The van der Waals surface area contributed by atoms with Crippen molar-refractivity contribution in [3.63, 3.8) is 0 Å². The minimum Gasteiger partial charge on any atom is -0.465 e. The summed E-state index contributed by atoms with van der Waals surface area (Å²) in [6, 6.07) is 0. The lowest BCUT2D eigenvalue weighted by molar-refractivity contribution is -0.255. The minimum atomic E-state index is -2.48. The number of ketones is 1. The Morgan fingerprint density at radius 1 is 0.707 bits per heavy atom. The lowest BCUT2D eigenvalue weighted by Crippen LogP contribution is -2.67. The SMILES string of the molecule is CCOC(=O)C(CC(C)=O)(C(=O)OCC)C(=S)N[C@@H]1O[C@H](COC(C)=O)[C@@H](OC(C)=O)[C@H](OC(C)=O)[C@H]1OC(C)=O. The summed E-state index contributed by atoms with van der Waals surface area (Å²) in [6.07, 6.45) is -8.33. The zero-order valence-corrected chi connectivity index (χ0v) is 24.7. The summed E-state index contributed by atoms with van der Waals surface area (Å²) in [7, 11) is 0. The van der Waals surface area contributed by atoms with Crippen LogP contribution in [-0.4, -0.2) is 97.1 Å². The van der Waals surface area contributed by atoms with E-state index in [2.05, 4.69) is 5.32 Å². The van der Waals surface area contributed by atoms with E-state index in [-0.39, 0.29) is 13.2 Å². The van der Waals surface area contributed by atoms with E-state index in [9.17, 15) is 33.6 Å². The van der Waals surface area contributed by atoms with Crippen LogP contribution in [0, 0.1) is 5.41 Å². The number of hydrogen-bond acceptors (Lipinski definition) is 15. The zero-order valence-electron chi connectivity index (χ0n) is 23.8. The summed E-state index contributed by atoms with van der Waals surface area (Å²) in [5.41, 5.74) is -2.48. The Labute approximate surface area is 241 Å². The topological polar surface area (TPSA) is 196 Å². The van der Waals surface area contributed by atoms with Gasteiger partial charge in [-0.2, -0.15) is 0 Å². The number of rotatable bonds is 13. The molecule has 1 heterocycles. The number of Topliss-reactive ketones (excluding diaryl/α,β-unsaturated/α-hetero) is 1. The molecular weight excluding hydrogens is 570 g/mol. The molecule has 1 N–H and O–H groups in total. The van der Waals surface area contributed by atoms with Gasteiger partial charge in [-0.1, -0.05) is 12.2 Å². The van der Waals surface area contributed by atoms with Crippen LogP contribution in [0.5, 0.6) is 0 Å². The van der Waals surface area contributed by atoms with Crippen molar-refractivity contribution in [1.29, 1.82) is 0 Å².